The van der Waals surface area contributed by atoms with Gasteiger partial charge in [-0.25, -0.2) is 9.67 Å². The van der Waals surface area contributed by atoms with Crippen LogP contribution in [-0.4, -0.2) is 19.7 Å². The Balaban J connectivity index is 1.52. The summed E-state index contributed by atoms with van der Waals surface area (Å²) in [6, 6.07) is 32.1. The highest BCUT2D eigenvalue weighted by Gasteiger charge is 2.31. The Kier molecular flexibility index (Phi) is 4.92. The smallest absolute Gasteiger partial charge is 0.238 e. The quantitative estimate of drug-likeness (QED) is 0.265. The van der Waals surface area contributed by atoms with Crippen molar-refractivity contribution in [3.8, 4) is 16.9 Å². The molecule has 0 bridgehead atoms. The SMILES string of the molecule is CC(C)(c1cccc(-c2cccc3ccccc23)n1)c1nn(-c2cccnc2F)c2ccccc12. The zero-order valence-corrected chi connectivity index (χ0v) is 19.5. The third-order valence-electron chi connectivity index (χ3n) is 6.60. The number of halogens is 1. The summed E-state index contributed by atoms with van der Waals surface area (Å²) in [4.78, 5) is 8.93. The van der Waals surface area contributed by atoms with Crippen LogP contribution in [0.5, 0.6) is 0 Å². The van der Waals surface area contributed by atoms with Gasteiger partial charge in [-0.15, -0.1) is 0 Å². The van der Waals surface area contributed by atoms with Gasteiger partial charge in [0, 0.05) is 17.1 Å². The van der Waals surface area contributed by atoms with Gasteiger partial charge in [-0.05, 0) is 55.0 Å². The van der Waals surface area contributed by atoms with Crippen LogP contribution < -0.4 is 0 Å². The van der Waals surface area contributed by atoms with E-state index < -0.39 is 11.4 Å². The van der Waals surface area contributed by atoms with Crippen molar-refractivity contribution in [3.63, 3.8) is 0 Å². The van der Waals surface area contributed by atoms with Gasteiger partial charge in [-0.1, -0.05) is 66.7 Å². The van der Waals surface area contributed by atoms with E-state index in [0.717, 1.165) is 33.5 Å². The predicted molar refractivity (Wildman–Crippen MR) is 138 cm³/mol. The van der Waals surface area contributed by atoms with Crippen LogP contribution in [0.3, 0.4) is 0 Å². The molecule has 3 heterocycles. The van der Waals surface area contributed by atoms with Gasteiger partial charge in [0.2, 0.25) is 5.95 Å². The fourth-order valence-corrected chi connectivity index (χ4v) is 4.75. The molecule has 0 radical (unpaired) electrons. The summed E-state index contributed by atoms with van der Waals surface area (Å²) in [6.07, 6.45) is 1.44. The van der Waals surface area contributed by atoms with Crippen molar-refractivity contribution < 1.29 is 4.39 Å². The molecule has 0 N–H and O–H groups in total. The Hall–Kier alpha value is -4.38. The number of rotatable bonds is 4. The van der Waals surface area contributed by atoms with Crippen LogP contribution in [0.15, 0.2) is 103 Å². The summed E-state index contributed by atoms with van der Waals surface area (Å²) >= 11 is 0. The molecule has 0 fully saturated rings. The molecule has 4 nitrogen and oxygen atoms in total. The summed E-state index contributed by atoms with van der Waals surface area (Å²) in [5.41, 5.74) is 4.34. The molecule has 3 aromatic carbocycles. The summed E-state index contributed by atoms with van der Waals surface area (Å²) in [5, 5.41) is 8.22. The van der Waals surface area contributed by atoms with E-state index in [0.29, 0.717) is 5.69 Å². The highest BCUT2D eigenvalue weighted by molar-refractivity contribution is 5.95. The Morgan fingerprint density at radius 2 is 1.49 bits per heavy atom. The molecule has 6 rings (SSSR count). The van der Waals surface area contributed by atoms with Crippen molar-refractivity contribution in [2.45, 2.75) is 19.3 Å². The minimum atomic E-state index is -0.554. The maximum absolute atomic E-state index is 14.6. The number of nitrogens with zero attached hydrogens (tertiary/aromatic N) is 4. The van der Waals surface area contributed by atoms with Crippen LogP contribution in [0.25, 0.3) is 38.6 Å². The number of para-hydroxylation sites is 1. The van der Waals surface area contributed by atoms with E-state index in [1.54, 1.807) is 16.8 Å². The van der Waals surface area contributed by atoms with Gasteiger partial charge in [-0.3, -0.25) is 4.98 Å². The summed E-state index contributed by atoms with van der Waals surface area (Å²) < 4.78 is 16.3. The lowest BCUT2D eigenvalue weighted by atomic mass is 9.83. The van der Waals surface area contributed by atoms with E-state index in [9.17, 15) is 4.39 Å². The van der Waals surface area contributed by atoms with Crippen LogP contribution >= 0.6 is 0 Å². The van der Waals surface area contributed by atoms with Crippen molar-refractivity contribution in [1.29, 1.82) is 0 Å². The highest BCUT2D eigenvalue weighted by Crippen LogP contribution is 2.37. The summed E-state index contributed by atoms with van der Waals surface area (Å²) in [6.45, 7) is 4.22. The number of fused-ring (bicyclic) bond motifs is 2. The molecular weight excluding hydrogens is 435 g/mol. The van der Waals surface area contributed by atoms with E-state index >= 15 is 0 Å². The van der Waals surface area contributed by atoms with Gasteiger partial charge in [0.05, 0.1) is 28.0 Å². The maximum atomic E-state index is 14.6. The third-order valence-corrected chi connectivity index (χ3v) is 6.60. The van der Waals surface area contributed by atoms with Gasteiger partial charge in [0.25, 0.3) is 0 Å². The van der Waals surface area contributed by atoms with Gasteiger partial charge < -0.3 is 0 Å². The molecule has 5 heteroatoms. The van der Waals surface area contributed by atoms with Gasteiger partial charge >= 0.3 is 0 Å². The van der Waals surface area contributed by atoms with E-state index in [2.05, 4.69) is 55.2 Å². The molecule has 0 atom stereocenters. The van der Waals surface area contributed by atoms with Gasteiger partial charge in [-0.2, -0.15) is 9.49 Å². The van der Waals surface area contributed by atoms with Crippen molar-refractivity contribution in [3.05, 3.63) is 121 Å². The molecule has 0 aliphatic rings. The fourth-order valence-electron chi connectivity index (χ4n) is 4.75. The van der Waals surface area contributed by atoms with Crippen molar-refractivity contribution in [2.24, 2.45) is 0 Å². The first-order valence-corrected chi connectivity index (χ1v) is 11.6. The number of pyridine rings is 2. The predicted octanol–water partition coefficient (Wildman–Crippen LogP) is 7.10. The fraction of sp³-hybridized carbons (Fsp3) is 0.100. The Labute approximate surface area is 202 Å². The molecule has 35 heavy (non-hydrogen) atoms. The second-order valence-electron chi connectivity index (χ2n) is 9.15. The van der Waals surface area contributed by atoms with Crippen molar-refractivity contribution >= 4 is 21.7 Å². The van der Waals surface area contributed by atoms with E-state index in [4.69, 9.17) is 10.1 Å². The minimum absolute atomic E-state index is 0.322. The number of benzene rings is 3. The lowest BCUT2D eigenvalue weighted by molar-refractivity contribution is 0.560. The van der Waals surface area contributed by atoms with E-state index in [-0.39, 0.29) is 0 Å². The van der Waals surface area contributed by atoms with Crippen molar-refractivity contribution in [2.75, 3.05) is 0 Å². The van der Waals surface area contributed by atoms with Gasteiger partial charge in [0.15, 0.2) is 0 Å². The molecule has 0 spiro atoms. The van der Waals surface area contributed by atoms with Gasteiger partial charge in [0.1, 0.15) is 5.69 Å². The second-order valence-corrected chi connectivity index (χ2v) is 9.15. The third kappa shape index (κ3) is 3.48. The second kappa shape index (κ2) is 8.13. The average molecular weight is 459 g/mol. The first kappa shape index (κ1) is 21.2. The molecule has 0 aliphatic carbocycles. The molecule has 170 valence electrons. The highest BCUT2D eigenvalue weighted by atomic mass is 19.1. The Morgan fingerprint density at radius 3 is 2.34 bits per heavy atom. The number of hydrogen-bond acceptors (Lipinski definition) is 3. The summed E-state index contributed by atoms with van der Waals surface area (Å²) in [7, 11) is 0. The van der Waals surface area contributed by atoms with Crippen LogP contribution in [-0.2, 0) is 5.41 Å². The standard InChI is InChI=1S/C30H23FN4/c1-30(2,27-18-8-15-24(33-27)22-14-7-11-20-10-3-4-12-21(20)22)28-23-13-5-6-16-25(23)35(34-28)26-17-9-19-32-29(26)31/h3-19H,1-2H3. The summed E-state index contributed by atoms with van der Waals surface area (Å²) in [5.74, 6) is -0.554. The zero-order valence-electron chi connectivity index (χ0n) is 19.5. The van der Waals surface area contributed by atoms with Crippen LogP contribution in [0.4, 0.5) is 4.39 Å². The van der Waals surface area contributed by atoms with E-state index in [1.807, 2.05) is 48.5 Å². The monoisotopic (exact) mass is 458 g/mol. The van der Waals surface area contributed by atoms with Crippen LogP contribution in [0.1, 0.15) is 25.2 Å². The lowest BCUT2D eigenvalue weighted by Crippen LogP contribution is -2.22. The minimum Gasteiger partial charge on any atom is -0.252 e. The molecule has 0 saturated heterocycles. The Bertz CT molecular complexity index is 1690. The van der Waals surface area contributed by atoms with Crippen LogP contribution in [0.2, 0.25) is 0 Å². The number of aromatic nitrogens is 4. The normalized spacial score (nSPS) is 11.9. The number of hydrogen-bond donors (Lipinski definition) is 0. The zero-order chi connectivity index (χ0) is 24.0. The molecular formula is C30H23FN4. The maximum Gasteiger partial charge on any atom is 0.238 e. The van der Waals surface area contributed by atoms with Crippen molar-refractivity contribution in [1.82, 2.24) is 19.7 Å². The Morgan fingerprint density at radius 1 is 0.743 bits per heavy atom. The average Bonchev–Trinajstić information content (AvgIpc) is 3.29. The first-order chi connectivity index (χ1) is 17.0. The molecule has 3 aromatic heterocycles. The topological polar surface area (TPSA) is 43.6 Å². The van der Waals surface area contributed by atoms with E-state index in [1.165, 1.54) is 17.0 Å². The lowest BCUT2D eigenvalue weighted by Gasteiger charge is -2.23. The molecule has 0 unspecified atom stereocenters. The molecule has 6 aromatic rings. The molecule has 0 amide bonds. The van der Waals surface area contributed by atoms with Crippen LogP contribution in [0, 0.1) is 5.95 Å². The first-order valence-electron chi connectivity index (χ1n) is 11.6. The molecule has 0 saturated carbocycles. The largest absolute Gasteiger partial charge is 0.252 e. The molecule has 0 aliphatic heterocycles.